The molecule has 0 atom stereocenters. The first-order valence-corrected chi connectivity index (χ1v) is 6.21. The van der Waals surface area contributed by atoms with Crippen LogP contribution >= 0.6 is 0 Å². The number of aliphatic hydroxyl groups is 1. The fourth-order valence-corrected chi connectivity index (χ4v) is 2.19. The van der Waals surface area contributed by atoms with Gasteiger partial charge in [-0.05, 0) is 32.6 Å². The quantitative estimate of drug-likeness (QED) is 0.753. The van der Waals surface area contributed by atoms with E-state index < -0.39 is 5.60 Å². The predicted molar refractivity (Wildman–Crippen MR) is 62.0 cm³/mol. The summed E-state index contributed by atoms with van der Waals surface area (Å²) in [7, 11) is 0. The molecule has 0 aromatic heterocycles. The molecular formula is C12H22N2O2. The molecule has 1 aliphatic heterocycles. The molecule has 4 heteroatoms. The molecule has 2 fully saturated rings. The highest BCUT2D eigenvalue weighted by Gasteiger charge is 2.32. The summed E-state index contributed by atoms with van der Waals surface area (Å²) in [6.45, 7) is 7.75. The van der Waals surface area contributed by atoms with Crippen LogP contribution in [0.25, 0.3) is 0 Å². The van der Waals surface area contributed by atoms with Crippen LogP contribution in [0.5, 0.6) is 0 Å². The monoisotopic (exact) mass is 226 g/mol. The van der Waals surface area contributed by atoms with Crippen LogP contribution in [-0.2, 0) is 4.79 Å². The van der Waals surface area contributed by atoms with Gasteiger partial charge in [0.05, 0.1) is 0 Å². The molecule has 0 aromatic carbocycles. The lowest BCUT2D eigenvalue weighted by atomic mass is 10.1. The Morgan fingerprint density at radius 2 is 1.81 bits per heavy atom. The van der Waals surface area contributed by atoms with Crippen molar-refractivity contribution in [3.8, 4) is 0 Å². The van der Waals surface area contributed by atoms with Crippen molar-refractivity contribution in [2.45, 2.75) is 32.3 Å². The molecule has 0 bridgehead atoms. The van der Waals surface area contributed by atoms with Gasteiger partial charge in [0, 0.05) is 32.7 Å². The molecule has 0 unspecified atom stereocenters. The van der Waals surface area contributed by atoms with E-state index in [0.717, 1.165) is 32.1 Å². The third-order valence-electron chi connectivity index (χ3n) is 3.40. The van der Waals surface area contributed by atoms with E-state index >= 15 is 0 Å². The summed E-state index contributed by atoms with van der Waals surface area (Å²) in [6.07, 6.45) is 2.76. The molecule has 1 aliphatic carbocycles. The van der Waals surface area contributed by atoms with E-state index in [4.69, 9.17) is 0 Å². The topological polar surface area (TPSA) is 43.8 Å². The van der Waals surface area contributed by atoms with E-state index in [2.05, 4.69) is 4.90 Å². The zero-order valence-electron chi connectivity index (χ0n) is 10.3. The zero-order chi connectivity index (χ0) is 11.8. The van der Waals surface area contributed by atoms with E-state index in [1.54, 1.807) is 18.7 Å². The Kier molecular flexibility index (Phi) is 3.22. The lowest BCUT2D eigenvalue weighted by Crippen LogP contribution is -2.54. The maximum absolute atomic E-state index is 11.8. The standard InChI is InChI=1S/C12H22N2O2/c1-12(2,16)11(15)14-7-5-13(6-8-14)9-10-3-4-10/h10,16H,3-9H2,1-2H3. The van der Waals surface area contributed by atoms with E-state index in [0.29, 0.717) is 0 Å². The fraction of sp³-hybridized carbons (Fsp3) is 0.917. The number of amides is 1. The highest BCUT2D eigenvalue weighted by atomic mass is 16.3. The second-order valence-corrected chi connectivity index (χ2v) is 5.60. The number of carbonyl (C=O) groups is 1. The Balaban J connectivity index is 1.77. The van der Waals surface area contributed by atoms with Gasteiger partial charge in [0.1, 0.15) is 5.60 Å². The zero-order valence-corrected chi connectivity index (χ0v) is 10.3. The van der Waals surface area contributed by atoms with Crippen LogP contribution in [0.3, 0.4) is 0 Å². The average molecular weight is 226 g/mol. The van der Waals surface area contributed by atoms with Gasteiger partial charge in [-0.2, -0.15) is 0 Å². The Morgan fingerprint density at radius 3 is 2.25 bits per heavy atom. The summed E-state index contributed by atoms with van der Waals surface area (Å²) in [6, 6.07) is 0. The molecule has 1 N–H and O–H groups in total. The number of carbonyl (C=O) groups excluding carboxylic acids is 1. The van der Waals surface area contributed by atoms with Crippen molar-refractivity contribution in [2.24, 2.45) is 5.92 Å². The van der Waals surface area contributed by atoms with Gasteiger partial charge in [0.2, 0.25) is 0 Å². The Labute approximate surface area is 97.2 Å². The van der Waals surface area contributed by atoms with Crippen molar-refractivity contribution in [2.75, 3.05) is 32.7 Å². The predicted octanol–water partition coefficient (Wildman–Crippen LogP) is 0.311. The summed E-state index contributed by atoms with van der Waals surface area (Å²) in [5, 5.41) is 9.65. The normalized spacial score (nSPS) is 23.6. The maximum Gasteiger partial charge on any atom is 0.254 e. The van der Waals surface area contributed by atoms with Gasteiger partial charge in [-0.15, -0.1) is 0 Å². The summed E-state index contributed by atoms with van der Waals surface area (Å²) >= 11 is 0. The Bertz CT molecular complexity index is 261. The minimum Gasteiger partial charge on any atom is -0.381 e. The summed E-state index contributed by atoms with van der Waals surface area (Å²) in [5.74, 6) is 0.773. The lowest BCUT2D eigenvalue weighted by Gasteiger charge is -2.37. The van der Waals surface area contributed by atoms with E-state index in [1.165, 1.54) is 19.4 Å². The van der Waals surface area contributed by atoms with Gasteiger partial charge in [-0.3, -0.25) is 9.69 Å². The van der Waals surface area contributed by atoms with Crippen molar-refractivity contribution in [1.29, 1.82) is 0 Å². The molecule has 92 valence electrons. The highest BCUT2D eigenvalue weighted by molar-refractivity contribution is 5.84. The molecule has 1 saturated carbocycles. The van der Waals surface area contributed by atoms with Crippen LogP contribution < -0.4 is 0 Å². The average Bonchev–Trinajstić information content (AvgIpc) is 3.00. The molecule has 2 aliphatic rings. The molecule has 1 saturated heterocycles. The smallest absolute Gasteiger partial charge is 0.254 e. The molecule has 4 nitrogen and oxygen atoms in total. The van der Waals surface area contributed by atoms with Gasteiger partial charge in [0.25, 0.3) is 5.91 Å². The highest BCUT2D eigenvalue weighted by Crippen LogP contribution is 2.29. The Morgan fingerprint density at radius 1 is 1.25 bits per heavy atom. The minimum atomic E-state index is -1.22. The summed E-state index contributed by atoms with van der Waals surface area (Å²) in [5.41, 5.74) is -1.22. The molecule has 16 heavy (non-hydrogen) atoms. The van der Waals surface area contributed by atoms with E-state index in [1.807, 2.05) is 0 Å². The molecule has 1 amide bonds. The number of nitrogens with zero attached hydrogens (tertiary/aromatic N) is 2. The number of hydrogen-bond acceptors (Lipinski definition) is 3. The fourth-order valence-electron chi connectivity index (χ4n) is 2.19. The molecule has 0 radical (unpaired) electrons. The third kappa shape index (κ3) is 2.95. The SMILES string of the molecule is CC(C)(O)C(=O)N1CCN(CC2CC2)CC1. The number of hydrogen-bond donors (Lipinski definition) is 1. The van der Waals surface area contributed by atoms with Crippen LogP contribution in [-0.4, -0.2) is 59.1 Å². The van der Waals surface area contributed by atoms with Crippen molar-refractivity contribution >= 4 is 5.91 Å². The van der Waals surface area contributed by atoms with E-state index in [-0.39, 0.29) is 5.91 Å². The summed E-state index contributed by atoms with van der Waals surface area (Å²) in [4.78, 5) is 16.0. The van der Waals surface area contributed by atoms with E-state index in [9.17, 15) is 9.90 Å². The van der Waals surface area contributed by atoms with Crippen LogP contribution in [0.1, 0.15) is 26.7 Å². The van der Waals surface area contributed by atoms with Gasteiger partial charge in [-0.25, -0.2) is 0 Å². The summed E-state index contributed by atoms with van der Waals surface area (Å²) < 4.78 is 0. The lowest BCUT2D eigenvalue weighted by molar-refractivity contribution is -0.149. The molecular weight excluding hydrogens is 204 g/mol. The second kappa shape index (κ2) is 4.34. The largest absolute Gasteiger partial charge is 0.381 e. The van der Waals surface area contributed by atoms with Gasteiger partial charge < -0.3 is 10.0 Å². The molecule has 2 rings (SSSR count). The van der Waals surface area contributed by atoms with Crippen LogP contribution in [0.2, 0.25) is 0 Å². The molecule has 0 aromatic rings. The first-order valence-electron chi connectivity index (χ1n) is 6.21. The van der Waals surface area contributed by atoms with Crippen molar-refractivity contribution in [3.05, 3.63) is 0 Å². The molecule has 1 heterocycles. The minimum absolute atomic E-state index is 0.140. The Hall–Kier alpha value is -0.610. The number of rotatable bonds is 3. The first-order chi connectivity index (χ1) is 7.47. The second-order valence-electron chi connectivity index (χ2n) is 5.60. The van der Waals surface area contributed by atoms with Crippen LogP contribution in [0.15, 0.2) is 0 Å². The third-order valence-corrected chi connectivity index (χ3v) is 3.40. The molecule has 0 spiro atoms. The van der Waals surface area contributed by atoms with Gasteiger partial charge in [0.15, 0.2) is 0 Å². The van der Waals surface area contributed by atoms with Crippen LogP contribution in [0, 0.1) is 5.92 Å². The number of piperazine rings is 1. The van der Waals surface area contributed by atoms with Crippen molar-refractivity contribution < 1.29 is 9.90 Å². The van der Waals surface area contributed by atoms with Gasteiger partial charge in [-0.1, -0.05) is 0 Å². The van der Waals surface area contributed by atoms with Crippen molar-refractivity contribution in [3.63, 3.8) is 0 Å². The van der Waals surface area contributed by atoms with Crippen molar-refractivity contribution in [1.82, 2.24) is 9.80 Å². The maximum atomic E-state index is 11.8. The van der Waals surface area contributed by atoms with Gasteiger partial charge >= 0.3 is 0 Å². The van der Waals surface area contributed by atoms with Crippen LogP contribution in [0.4, 0.5) is 0 Å². The first kappa shape index (κ1) is 11.9.